The van der Waals surface area contributed by atoms with Gasteiger partial charge in [0.1, 0.15) is 0 Å². The molecule has 1 rings (SSSR count). The van der Waals surface area contributed by atoms with Crippen molar-refractivity contribution in [3.05, 3.63) is 27.7 Å². The predicted octanol–water partition coefficient (Wildman–Crippen LogP) is 2.42. The first kappa shape index (κ1) is 10.8. The lowest BCUT2D eigenvalue weighted by atomic mass is 10.2. The fourth-order valence-electron chi connectivity index (χ4n) is 0.844. The zero-order valence-electron chi connectivity index (χ0n) is 6.33. The summed E-state index contributed by atoms with van der Waals surface area (Å²) in [6.07, 6.45) is 0. The second kappa shape index (κ2) is 4.28. The van der Waals surface area contributed by atoms with E-state index < -0.39 is 11.1 Å². The summed E-state index contributed by atoms with van der Waals surface area (Å²) in [6, 6.07) is 2.80. The SMILES string of the molecule is O=S(O)Cc1cc(Cl)c(O)c(Cl)c1. The van der Waals surface area contributed by atoms with Gasteiger partial charge in [-0.25, -0.2) is 4.21 Å². The Kier molecular flexibility index (Phi) is 3.55. The second-order valence-electron chi connectivity index (χ2n) is 2.37. The van der Waals surface area contributed by atoms with Crippen LogP contribution in [0.3, 0.4) is 0 Å². The van der Waals surface area contributed by atoms with Gasteiger partial charge in [0.05, 0.1) is 15.8 Å². The van der Waals surface area contributed by atoms with Crippen LogP contribution >= 0.6 is 23.2 Å². The molecule has 1 aromatic carbocycles. The largest absolute Gasteiger partial charge is 0.505 e. The molecule has 0 aromatic heterocycles. The Balaban J connectivity index is 3.06. The highest BCUT2D eigenvalue weighted by Crippen LogP contribution is 2.32. The minimum absolute atomic E-state index is 0.0558. The topological polar surface area (TPSA) is 57.5 Å². The van der Waals surface area contributed by atoms with Crippen LogP contribution in [0.25, 0.3) is 0 Å². The Hall–Kier alpha value is -0.290. The molecule has 0 saturated heterocycles. The predicted molar refractivity (Wildman–Crippen MR) is 52.6 cm³/mol. The standard InChI is InChI=1S/C7H6Cl2O3S/c8-5-1-4(3-13(11)12)2-6(9)7(5)10/h1-2,10H,3H2,(H,11,12). The van der Waals surface area contributed by atoms with Gasteiger partial charge in [-0.2, -0.15) is 0 Å². The molecule has 1 atom stereocenters. The third-order valence-electron chi connectivity index (χ3n) is 1.37. The Morgan fingerprint density at radius 3 is 2.15 bits per heavy atom. The van der Waals surface area contributed by atoms with E-state index in [2.05, 4.69) is 0 Å². The van der Waals surface area contributed by atoms with Crippen LogP contribution in [-0.2, 0) is 16.8 Å². The van der Waals surface area contributed by atoms with Gasteiger partial charge < -0.3 is 9.66 Å². The summed E-state index contributed by atoms with van der Waals surface area (Å²) in [5.74, 6) is -0.268. The summed E-state index contributed by atoms with van der Waals surface area (Å²) in [5, 5.41) is 9.32. The van der Waals surface area contributed by atoms with E-state index in [0.29, 0.717) is 5.56 Å². The van der Waals surface area contributed by atoms with E-state index >= 15 is 0 Å². The van der Waals surface area contributed by atoms with Crippen LogP contribution in [0.5, 0.6) is 5.75 Å². The Labute approximate surface area is 87.6 Å². The fraction of sp³-hybridized carbons (Fsp3) is 0.143. The third kappa shape index (κ3) is 2.84. The molecular formula is C7H6Cl2O3S. The smallest absolute Gasteiger partial charge is 0.157 e. The number of halogens is 2. The van der Waals surface area contributed by atoms with E-state index in [1.54, 1.807) is 0 Å². The van der Waals surface area contributed by atoms with Gasteiger partial charge in [0, 0.05) is 0 Å². The van der Waals surface area contributed by atoms with Crippen molar-refractivity contribution in [1.29, 1.82) is 0 Å². The summed E-state index contributed by atoms with van der Waals surface area (Å²) >= 11 is 9.24. The Morgan fingerprint density at radius 2 is 1.77 bits per heavy atom. The molecule has 6 heteroatoms. The zero-order chi connectivity index (χ0) is 10.0. The molecular weight excluding hydrogens is 235 g/mol. The molecule has 0 aliphatic carbocycles. The van der Waals surface area contributed by atoms with Crippen LogP contribution in [-0.4, -0.2) is 13.9 Å². The van der Waals surface area contributed by atoms with Crippen LogP contribution in [0.4, 0.5) is 0 Å². The minimum atomic E-state index is -1.94. The van der Waals surface area contributed by atoms with Crippen molar-refractivity contribution in [1.82, 2.24) is 0 Å². The van der Waals surface area contributed by atoms with E-state index in [1.807, 2.05) is 0 Å². The number of hydrogen-bond donors (Lipinski definition) is 2. The number of rotatable bonds is 2. The fourth-order valence-corrected chi connectivity index (χ4v) is 1.83. The van der Waals surface area contributed by atoms with Gasteiger partial charge >= 0.3 is 0 Å². The van der Waals surface area contributed by atoms with Gasteiger partial charge in [-0.3, -0.25) is 0 Å². The van der Waals surface area contributed by atoms with E-state index in [4.69, 9.17) is 32.9 Å². The molecule has 72 valence electrons. The van der Waals surface area contributed by atoms with Gasteiger partial charge in [0.15, 0.2) is 16.8 Å². The van der Waals surface area contributed by atoms with Crippen LogP contribution in [0.1, 0.15) is 5.56 Å². The molecule has 2 N–H and O–H groups in total. The molecule has 0 saturated carbocycles. The first-order valence-corrected chi connectivity index (χ1v) is 5.28. The van der Waals surface area contributed by atoms with Gasteiger partial charge in [-0.05, 0) is 17.7 Å². The second-order valence-corrected chi connectivity index (χ2v) is 4.12. The Morgan fingerprint density at radius 1 is 1.31 bits per heavy atom. The molecule has 0 aliphatic heterocycles. The number of hydrogen-bond acceptors (Lipinski definition) is 2. The van der Waals surface area contributed by atoms with E-state index in [0.717, 1.165) is 0 Å². The average molecular weight is 241 g/mol. The molecule has 1 aromatic rings. The normalized spacial score (nSPS) is 12.8. The summed E-state index contributed by atoms with van der Waals surface area (Å²) in [4.78, 5) is 0. The molecule has 0 heterocycles. The van der Waals surface area contributed by atoms with Gasteiger partial charge in [0.25, 0.3) is 0 Å². The molecule has 0 aliphatic rings. The maximum Gasteiger partial charge on any atom is 0.157 e. The minimum Gasteiger partial charge on any atom is -0.505 e. The first-order valence-electron chi connectivity index (χ1n) is 3.25. The zero-order valence-corrected chi connectivity index (χ0v) is 8.66. The van der Waals surface area contributed by atoms with E-state index in [-0.39, 0.29) is 21.5 Å². The molecule has 0 bridgehead atoms. The van der Waals surface area contributed by atoms with Gasteiger partial charge in [-0.15, -0.1) is 0 Å². The molecule has 1 unspecified atom stereocenters. The molecule has 0 radical (unpaired) electrons. The van der Waals surface area contributed by atoms with Crippen LogP contribution in [0.15, 0.2) is 12.1 Å². The number of benzene rings is 1. The van der Waals surface area contributed by atoms with Crippen LogP contribution in [0, 0.1) is 0 Å². The van der Waals surface area contributed by atoms with Crippen molar-refractivity contribution in [3.63, 3.8) is 0 Å². The summed E-state index contributed by atoms with van der Waals surface area (Å²) in [5.41, 5.74) is 0.508. The quantitative estimate of drug-likeness (QED) is 0.781. The molecule has 13 heavy (non-hydrogen) atoms. The summed E-state index contributed by atoms with van der Waals surface area (Å²) < 4.78 is 19.0. The highest BCUT2D eigenvalue weighted by Gasteiger charge is 2.07. The number of phenols is 1. The van der Waals surface area contributed by atoms with Crippen molar-refractivity contribution in [2.45, 2.75) is 5.75 Å². The summed E-state index contributed by atoms with van der Waals surface area (Å²) in [7, 11) is 0. The lowest BCUT2D eigenvalue weighted by Crippen LogP contribution is -1.92. The molecule has 0 amide bonds. The number of phenolic OH excluding ortho intramolecular Hbond substituents is 1. The maximum atomic E-state index is 10.4. The monoisotopic (exact) mass is 240 g/mol. The van der Waals surface area contributed by atoms with Crippen LogP contribution < -0.4 is 0 Å². The van der Waals surface area contributed by atoms with Crippen molar-refractivity contribution >= 4 is 34.3 Å². The summed E-state index contributed by atoms with van der Waals surface area (Å²) in [6.45, 7) is 0. The van der Waals surface area contributed by atoms with Crippen LogP contribution in [0.2, 0.25) is 10.0 Å². The molecule has 0 fully saturated rings. The number of aromatic hydroxyl groups is 1. The lowest BCUT2D eigenvalue weighted by Gasteiger charge is -2.02. The maximum absolute atomic E-state index is 10.4. The molecule has 3 nitrogen and oxygen atoms in total. The van der Waals surface area contributed by atoms with Crippen molar-refractivity contribution in [2.75, 3.05) is 0 Å². The van der Waals surface area contributed by atoms with Crippen molar-refractivity contribution in [2.24, 2.45) is 0 Å². The third-order valence-corrected chi connectivity index (χ3v) is 2.52. The van der Waals surface area contributed by atoms with Crippen molar-refractivity contribution < 1.29 is 13.9 Å². The average Bonchev–Trinajstić information content (AvgIpc) is 1.98. The van der Waals surface area contributed by atoms with Gasteiger partial charge in [-0.1, -0.05) is 23.2 Å². The van der Waals surface area contributed by atoms with Crippen molar-refractivity contribution in [3.8, 4) is 5.75 Å². The van der Waals surface area contributed by atoms with E-state index in [1.165, 1.54) is 12.1 Å². The van der Waals surface area contributed by atoms with Gasteiger partial charge in [0.2, 0.25) is 0 Å². The highest BCUT2D eigenvalue weighted by atomic mass is 35.5. The molecule has 0 spiro atoms. The highest BCUT2D eigenvalue weighted by molar-refractivity contribution is 7.78. The lowest BCUT2D eigenvalue weighted by molar-refractivity contribution is 0.475. The van der Waals surface area contributed by atoms with E-state index in [9.17, 15) is 4.21 Å². The Bertz CT molecular complexity index is 331. The first-order chi connectivity index (χ1) is 6.00.